The molecule has 0 saturated carbocycles. The van der Waals surface area contributed by atoms with Crippen molar-refractivity contribution >= 4 is 63.3 Å². The van der Waals surface area contributed by atoms with E-state index in [-0.39, 0.29) is 32.2 Å². The van der Waals surface area contributed by atoms with E-state index in [1.807, 2.05) is 48.5 Å². The quantitative estimate of drug-likeness (QED) is 0.175. The van der Waals surface area contributed by atoms with Crippen molar-refractivity contribution in [1.29, 1.82) is 0 Å². The van der Waals surface area contributed by atoms with Crippen molar-refractivity contribution in [1.82, 2.24) is 14.5 Å². The summed E-state index contributed by atoms with van der Waals surface area (Å²) in [5, 5.41) is 16.2. The van der Waals surface area contributed by atoms with Crippen LogP contribution in [0.2, 0.25) is 0 Å². The largest absolute Gasteiger partial charge is 0.506 e. The molecule has 0 fully saturated rings. The number of aryl methyl sites for hydroxylation is 1. The van der Waals surface area contributed by atoms with Gasteiger partial charge in [-0.15, -0.1) is 58.6 Å². The molecular formula is C49H36N3OPtS2-. The zero-order chi connectivity index (χ0) is 37.4. The Kier molecular flexibility index (Phi) is 9.04. The van der Waals surface area contributed by atoms with Crippen molar-refractivity contribution in [3.63, 3.8) is 0 Å². The van der Waals surface area contributed by atoms with E-state index in [1.54, 1.807) is 22.7 Å². The number of nitrogens with zero attached hydrogens (tertiary/aromatic N) is 3. The van der Waals surface area contributed by atoms with Crippen molar-refractivity contribution < 1.29 is 26.2 Å². The average molecular weight is 942 g/mol. The molecule has 0 aliphatic carbocycles. The molecule has 276 valence electrons. The number of hydrogen-bond donors (Lipinski definition) is 1. The third-order valence-electron chi connectivity index (χ3n) is 10.5. The predicted octanol–water partition coefficient (Wildman–Crippen LogP) is 13.8. The summed E-state index contributed by atoms with van der Waals surface area (Å²) in [5.41, 5.74) is 11.3. The van der Waals surface area contributed by atoms with E-state index in [0.29, 0.717) is 11.4 Å². The van der Waals surface area contributed by atoms with Gasteiger partial charge >= 0.3 is 0 Å². The van der Waals surface area contributed by atoms with Gasteiger partial charge in [0.25, 0.3) is 0 Å². The molecule has 4 aromatic heterocycles. The zero-order valence-electron chi connectivity index (χ0n) is 31.2. The SMILES string of the molecule is Cc1ccc(-n2c(-c3cc(C(C)(C)C)c4c(sc5sc6ccccc6c54)c3O)nc3c(-c4cccc(-c5[c-]cccc5)n4)cccc32)c(-c2ccccc2)c1.[Pt]. The minimum absolute atomic E-state index is 0. The Morgan fingerprint density at radius 2 is 1.45 bits per heavy atom. The number of phenolic OH excluding ortho intramolecular Hbond substituents is 1. The average Bonchev–Trinajstić information content (AvgIpc) is 3.89. The van der Waals surface area contributed by atoms with Gasteiger partial charge in [0.15, 0.2) is 0 Å². The molecule has 1 N–H and O–H groups in total. The van der Waals surface area contributed by atoms with Crippen LogP contribution in [-0.4, -0.2) is 19.6 Å². The molecule has 0 radical (unpaired) electrons. The van der Waals surface area contributed by atoms with E-state index in [9.17, 15) is 5.11 Å². The molecular weight excluding hydrogens is 906 g/mol. The zero-order valence-corrected chi connectivity index (χ0v) is 35.1. The van der Waals surface area contributed by atoms with E-state index in [1.165, 1.54) is 25.0 Å². The van der Waals surface area contributed by atoms with Crippen LogP contribution in [-0.2, 0) is 26.5 Å². The van der Waals surface area contributed by atoms with Crippen LogP contribution in [0.15, 0.2) is 140 Å². The summed E-state index contributed by atoms with van der Waals surface area (Å²) in [7, 11) is 0. The van der Waals surface area contributed by atoms with E-state index >= 15 is 0 Å². The Labute approximate surface area is 348 Å². The number of imidazole rings is 1. The fourth-order valence-corrected chi connectivity index (χ4v) is 10.5. The number of thiophene rings is 2. The number of hydrogen-bond acceptors (Lipinski definition) is 5. The smallest absolute Gasteiger partial charge is 0.149 e. The van der Waals surface area contributed by atoms with E-state index < -0.39 is 0 Å². The maximum Gasteiger partial charge on any atom is 0.149 e. The molecule has 10 rings (SSSR count). The Hall–Kier alpha value is -5.39. The third kappa shape index (κ3) is 5.90. The number of rotatable bonds is 5. The summed E-state index contributed by atoms with van der Waals surface area (Å²) >= 11 is 3.48. The molecule has 0 aliphatic rings. The fraction of sp³-hybridized carbons (Fsp3) is 0.102. The van der Waals surface area contributed by atoms with Crippen molar-refractivity contribution in [2.75, 3.05) is 0 Å². The topological polar surface area (TPSA) is 50.9 Å². The number of aromatic hydroxyl groups is 1. The van der Waals surface area contributed by atoms with E-state index in [2.05, 4.69) is 129 Å². The number of pyridine rings is 1. The van der Waals surface area contributed by atoms with Crippen LogP contribution < -0.4 is 0 Å². The first-order chi connectivity index (χ1) is 26.7. The molecule has 56 heavy (non-hydrogen) atoms. The van der Waals surface area contributed by atoms with E-state index in [4.69, 9.17) is 9.97 Å². The number of para-hydroxylation sites is 1. The van der Waals surface area contributed by atoms with Gasteiger partial charge in [-0.3, -0.25) is 9.55 Å². The van der Waals surface area contributed by atoms with Gasteiger partial charge in [0.1, 0.15) is 11.6 Å². The van der Waals surface area contributed by atoms with Crippen LogP contribution in [0.1, 0.15) is 31.9 Å². The third-order valence-corrected chi connectivity index (χ3v) is 12.9. The van der Waals surface area contributed by atoms with Gasteiger partial charge in [0, 0.05) is 53.1 Å². The summed E-state index contributed by atoms with van der Waals surface area (Å²) in [4.78, 5) is 10.7. The van der Waals surface area contributed by atoms with Gasteiger partial charge in [0.05, 0.1) is 36.7 Å². The van der Waals surface area contributed by atoms with Gasteiger partial charge in [-0.2, -0.15) is 0 Å². The number of benzene rings is 6. The van der Waals surface area contributed by atoms with E-state index in [0.717, 1.165) is 66.0 Å². The number of fused-ring (bicyclic) bond motifs is 6. The first-order valence-corrected chi connectivity index (χ1v) is 20.1. The summed E-state index contributed by atoms with van der Waals surface area (Å²) < 4.78 is 5.62. The van der Waals surface area contributed by atoms with Crippen LogP contribution in [0.5, 0.6) is 5.75 Å². The summed E-state index contributed by atoms with van der Waals surface area (Å²) in [6, 6.07) is 51.6. The van der Waals surface area contributed by atoms with Crippen LogP contribution in [0.4, 0.5) is 0 Å². The van der Waals surface area contributed by atoms with Gasteiger partial charge in [-0.25, -0.2) is 4.98 Å². The normalized spacial score (nSPS) is 11.9. The maximum absolute atomic E-state index is 12.6. The molecule has 0 atom stereocenters. The summed E-state index contributed by atoms with van der Waals surface area (Å²) in [5.74, 6) is 0.939. The summed E-state index contributed by atoms with van der Waals surface area (Å²) in [6.45, 7) is 8.92. The molecule has 0 saturated heterocycles. The van der Waals surface area contributed by atoms with Gasteiger partial charge in [0.2, 0.25) is 0 Å². The maximum atomic E-state index is 12.6. The molecule has 6 aromatic carbocycles. The second-order valence-electron chi connectivity index (χ2n) is 15.2. The first kappa shape index (κ1) is 36.3. The fourth-order valence-electron chi connectivity index (χ4n) is 7.89. The molecule has 0 spiro atoms. The summed E-state index contributed by atoms with van der Waals surface area (Å²) in [6.07, 6.45) is 0. The standard InChI is InChI=1S/C49H36N3OS2.Pt/c1-29-25-26-39(34(27-29)30-15-7-5-8-16-30)52-40-23-13-20-32(38-22-14-21-37(50-38)31-17-9-6-10-18-31)44(40)51-47(52)35-28-36(49(2,3)4)43-42-33-19-11-12-24-41(33)54-48(42)55-46(43)45(35)53;/h5-17,19-28,53H,1-4H3;/q-1;. The molecule has 4 heterocycles. The van der Waals surface area contributed by atoms with Crippen LogP contribution in [0.25, 0.3) is 91.3 Å². The predicted molar refractivity (Wildman–Crippen MR) is 233 cm³/mol. The first-order valence-electron chi connectivity index (χ1n) is 18.5. The molecule has 0 amide bonds. The van der Waals surface area contributed by atoms with Gasteiger partial charge < -0.3 is 5.11 Å². The molecule has 10 aromatic rings. The van der Waals surface area contributed by atoms with Crippen LogP contribution >= 0.6 is 22.7 Å². The minimum Gasteiger partial charge on any atom is -0.506 e. The van der Waals surface area contributed by atoms with Crippen LogP contribution in [0.3, 0.4) is 0 Å². The van der Waals surface area contributed by atoms with Crippen molar-refractivity contribution in [3.05, 3.63) is 157 Å². The van der Waals surface area contributed by atoms with Crippen molar-refractivity contribution in [2.45, 2.75) is 33.1 Å². The second kappa shape index (κ2) is 14.0. The number of aromatic nitrogens is 3. The monoisotopic (exact) mass is 941 g/mol. The van der Waals surface area contributed by atoms with Gasteiger partial charge in [-0.05, 0) is 65.6 Å². The Bertz CT molecular complexity index is 3100. The molecule has 4 nitrogen and oxygen atoms in total. The van der Waals surface area contributed by atoms with Crippen LogP contribution in [0, 0.1) is 13.0 Å². The Morgan fingerprint density at radius 3 is 2.25 bits per heavy atom. The second-order valence-corrected chi connectivity index (χ2v) is 17.5. The molecule has 0 unspecified atom stereocenters. The van der Waals surface area contributed by atoms with Crippen molar-refractivity contribution in [3.8, 4) is 56.5 Å². The molecule has 7 heteroatoms. The Balaban J connectivity index is 0.00000410. The molecule has 0 bridgehead atoms. The molecule has 0 aliphatic heterocycles. The number of phenols is 1. The minimum atomic E-state index is -0.225. The van der Waals surface area contributed by atoms with Crippen molar-refractivity contribution in [2.24, 2.45) is 0 Å². The Morgan fingerprint density at radius 1 is 0.679 bits per heavy atom. The van der Waals surface area contributed by atoms with Gasteiger partial charge in [-0.1, -0.05) is 105 Å².